The Morgan fingerprint density at radius 2 is 0.683 bits per heavy atom. The van der Waals surface area contributed by atoms with Crippen LogP contribution in [-0.2, 0) is 11.2 Å². The number of unbranched alkanes of at least 4 members (excludes halogenated alkanes) is 5. The average molecular weight is 943 g/mol. The topological polar surface area (TPSA) is 40.5 Å². The van der Waals surface area contributed by atoms with E-state index in [0.29, 0.717) is 0 Å². The maximum absolute atomic E-state index is 12.2. The van der Waals surface area contributed by atoms with Crippen LogP contribution in [0.2, 0.25) is 0 Å². The highest BCUT2D eigenvalue weighted by Gasteiger charge is 2.61. The number of rotatable bonds is 15. The van der Waals surface area contributed by atoms with Crippen LogP contribution in [0.3, 0.4) is 0 Å². The van der Waals surface area contributed by atoms with Crippen molar-refractivity contribution < 1.29 is 53.1 Å². The molecule has 0 saturated carbocycles. The Morgan fingerprint density at radius 1 is 0.450 bits per heavy atom. The number of quaternary nitrogens is 2. The molecule has 0 atom stereocenters. The molecule has 4 aromatic rings. The van der Waals surface area contributed by atoms with Crippen molar-refractivity contribution in [2.45, 2.75) is 102 Å². The van der Waals surface area contributed by atoms with Crippen molar-refractivity contribution in [1.29, 1.82) is 0 Å². The first-order valence-electron chi connectivity index (χ1n) is 22.8. The third kappa shape index (κ3) is 10.2. The quantitative estimate of drug-likeness (QED) is 0.0929. The summed E-state index contributed by atoms with van der Waals surface area (Å²) in [6.07, 6.45) is 19.0. The molecule has 6 saturated heterocycles. The monoisotopic (exact) mass is 940 g/mol. The standard InChI is InChI=1S/2C23H28NO.C8H18.2BrH/c2*1-2-16-24-17-13-22(14-18-24,15-19-24)23(25,20-9-5-3-6-10-20)21-11-7-4-8-12-21;1-3-5-7-8-6-4-2;;/h2*2-12,25H,1,13-19H2;3-8H2,1-2H3;2*1H/q2*+1;;;/p-2. The van der Waals surface area contributed by atoms with E-state index in [2.05, 4.69) is 87.7 Å². The average Bonchev–Trinajstić information content (AvgIpc) is 3.30. The zero-order valence-electron chi connectivity index (χ0n) is 36.8. The molecule has 326 valence electrons. The molecule has 6 heterocycles. The van der Waals surface area contributed by atoms with Crippen LogP contribution in [0.25, 0.3) is 0 Å². The Bertz CT molecular complexity index is 1590. The highest BCUT2D eigenvalue weighted by Crippen LogP contribution is 2.58. The Kier molecular flexibility index (Phi) is 18.7. The zero-order valence-corrected chi connectivity index (χ0v) is 40.0. The van der Waals surface area contributed by atoms with Gasteiger partial charge in [-0.15, -0.1) is 0 Å². The highest BCUT2D eigenvalue weighted by molar-refractivity contribution is 5.41. The minimum atomic E-state index is -0.916. The lowest BCUT2D eigenvalue weighted by Gasteiger charge is -2.60. The molecule has 60 heavy (non-hydrogen) atoms. The Labute approximate surface area is 385 Å². The molecule has 6 aliphatic heterocycles. The highest BCUT2D eigenvalue weighted by atomic mass is 79.9. The predicted molar refractivity (Wildman–Crippen MR) is 243 cm³/mol. The number of halogens is 2. The number of nitrogens with zero attached hydrogens (tertiary/aromatic N) is 2. The van der Waals surface area contributed by atoms with E-state index >= 15 is 0 Å². The normalized spacial score (nSPS) is 25.2. The molecule has 6 aliphatic rings. The van der Waals surface area contributed by atoms with Crippen molar-refractivity contribution in [2.75, 3.05) is 52.4 Å². The second-order valence-corrected chi connectivity index (χ2v) is 18.3. The third-order valence-corrected chi connectivity index (χ3v) is 15.2. The summed E-state index contributed by atoms with van der Waals surface area (Å²) in [5, 5.41) is 24.5. The molecule has 4 aromatic carbocycles. The van der Waals surface area contributed by atoms with Gasteiger partial charge in [0.2, 0.25) is 0 Å². The van der Waals surface area contributed by atoms with E-state index in [1.165, 1.54) is 38.5 Å². The maximum Gasteiger partial charge on any atom is 0.121 e. The Morgan fingerprint density at radius 3 is 0.883 bits per heavy atom. The van der Waals surface area contributed by atoms with E-state index in [4.69, 9.17) is 0 Å². The lowest BCUT2D eigenvalue weighted by Crippen LogP contribution is -3.00. The van der Waals surface area contributed by atoms with Crippen LogP contribution < -0.4 is 34.0 Å². The van der Waals surface area contributed by atoms with Crippen LogP contribution >= 0.6 is 0 Å². The molecule has 4 bridgehead atoms. The maximum atomic E-state index is 12.2. The van der Waals surface area contributed by atoms with Crippen LogP contribution in [0.4, 0.5) is 0 Å². The number of hydrogen-bond acceptors (Lipinski definition) is 2. The van der Waals surface area contributed by atoms with Crippen LogP contribution in [0.5, 0.6) is 0 Å². The van der Waals surface area contributed by atoms with Gasteiger partial charge in [0.1, 0.15) is 11.2 Å². The molecule has 4 nitrogen and oxygen atoms in total. The third-order valence-electron chi connectivity index (χ3n) is 15.2. The van der Waals surface area contributed by atoms with Crippen LogP contribution in [0.1, 0.15) is 113 Å². The predicted octanol–water partition coefficient (Wildman–Crippen LogP) is 5.59. The molecule has 0 spiro atoms. The van der Waals surface area contributed by atoms with Gasteiger partial charge in [-0.3, -0.25) is 0 Å². The van der Waals surface area contributed by atoms with Crippen molar-refractivity contribution in [3.05, 3.63) is 169 Å². The number of hydrogen-bond donors (Lipinski definition) is 2. The van der Waals surface area contributed by atoms with Gasteiger partial charge in [0, 0.05) is 49.4 Å². The van der Waals surface area contributed by atoms with Crippen molar-refractivity contribution in [1.82, 2.24) is 0 Å². The Hall–Kier alpha value is -2.84. The first kappa shape index (κ1) is 49.8. The summed E-state index contributed by atoms with van der Waals surface area (Å²) in [4.78, 5) is 0. The first-order valence-corrected chi connectivity index (χ1v) is 22.8. The van der Waals surface area contributed by atoms with Gasteiger partial charge in [-0.1, -0.05) is 187 Å². The molecule has 0 aromatic heterocycles. The Balaban J connectivity index is 0.000000219. The van der Waals surface area contributed by atoms with Gasteiger partial charge in [0.05, 0.1) is 52.4 Å². The van der Waals surface area contributed by atoms with Crippen molar-refractivity contribution in [3.8, 4) is 0 Å². The van der Waals surface area contributed by atoms with Gasteiger partial charge < -0.3 is 53.1 Å². The molecule has 10 rings (SSSR count). The van der Waals surface area contributed by atoms with E-state index in [1.54, 1.807) is 0 Å². The summed E-state index contributed by atoms with van der Waals surface area (Å²) in [5.74, 6) is 0. The molecule has 0 unspecified atom stereocenters. The van der Waals surface area contributed by atoms with Gasteiger partial charge >= 0.3 is 0 Å². The summed E-state index contributed by atoms with van der Waals surface area (Å²) in [6.45, 7) is 21.4. The molecule has 0 aliphatic carbocycles. The second-order valence-electron chi connectivity index (χ2n) is 18.3. The van der Waals surface area contributed by atoms with E-state index in [-0.39, 0.29) is 44.8 Å². The fraction of sp³-hybridized carbons (Fsp3) is 0.481. The summed E-state index contributed by atoms with van der Waals surface area (Å²) >= 11 is 0. The second kappa shape index (κ2) is 22.5. The molecule has 6 fully saturated rings. The molecule has 0 radical (unpaired) electrons. The van der Waals surface area contributed by atoms with E-state index in [9.17, 15) is 10.2 Å². The van der Waals surface area contributed by atoms with Crippen molar-refractivity contribution in [2.24, 2.45) is 10.8 Å². The number of benzene rings is 4. The van der Waals surface area contributed by atoms with E-state index < -0.39 is 11.2 Å². The number of aliphatic hydroxyl groups is 2. The van der Waals surface area contributed by atoms with E-state index in [0.717, 1.165) is 122 Å². The van der Waals surface area contributed by atoms with Gasteiger partial charge in [-0.05, 0) is 34.4 Å². The molecule has 2 N–H and O–H groups in total. The summed E-state index contributed by atoms with van der Waals surface area (Å²) in [6, 6.07) is 41.2. The van der Waals surface area contributed by atoms with Crippen molar-refractivity contribution in [3.63, 3.8) is 0 Å². The van der Waals surface area contributed by atoms with Gasteiger partial charge in [0.25, 0.3) is 0 Å². The van der Waals surface area contributed by atoms with Gasteiger partial charge in [-0.25, -0.2) is 0 Å². The number of piperidine rings is 6. The van der Waals surface area contributed by atoms with Crippen LogP contribution in [0, 0.1) is 10.8 Å². The van der Waals surface area contributed by atoms with Gasteiger partial charge in [-0.2, -0.15) is 0 Å². The van der Waals surface area contributed by atoms with E-state index in [1.807, 2.05) is 72.8 Å². The zero-order chi connectivity index (χ0) is 41.0. The number of fused-ring (bicyclic) bond motifs is 6. The van der Waals surface area contributed by atoms with Crippen molar-refractivity contribution >= 4 is 0 Å². The largest absolute Gasteiger partial charge is 1.00 e. The molecular formula is C54H74Br2N2O2. The summed E-state index contributed by atoms with van der Waals surface area (Å²) in [7, 11) is 0. The SMILES string of the molecule is C=CC[N+]12CCC(C(O)(c3ccccc3)c3ccccc3)(CC1)CC2.C=CC[N+]12CCC(C(O)(c3ccccc3)c3ccccc3)(CC1)CC2.CCCCCCCC.[Br-].[Br-]. The smallest absolute Gasteiger partial charge is 0.121 e. The lowest BCUT2D eigenvalue weighted by molar-refractivity contribution is -0.941. The minimum absolute atomic E-state index is 0. The van der Waals surface area contributed by atoms with Gasteiger partial charge in [0.15, 0.2) is 0 Å². The summed E-state index contributed by atoms with van der Waals surface area (Å²) in [5.41, 5.74) is 2.16. The molecule has 6 heteroatoms. The molecule has 0 amide bonds. The lowest BCUT2D eigenvalue weighted by atomic mass is 9.56. The summed E-state index contributed by atoms with van der Waals surface area (Å²) < 4.78 is 2.32. The first-order chi connectivity index (χ1) is 28.2. The van der Waals surface area contributed by atoms with Crippen LogP contribution in [-0.4, -0.2) is 71.5 Å². The molecular weight excluding hydrogens is 868 g/mol. The minimum Gasteiger partial charge on any atom is -1.00 e. The fourth-order valence-corrected chi connectivity index (χ4v) is 11.4. The van der Waals surface area contributed by atoms with Crippen LogP contribution in [0.15, 0.2) is 147 Å². The fourth-order valence-electron chi connectivity index (χ4n) is 11.4.